The van der Waals surface area contributed by atoms with E-state index in [4.69, 9.17) is 14.2 Å². The van der Waals surface area contributed by atoms with Crippen molar-refractivity contribution in [2.75, 3.05) is 0 Å². The van der Waals surface area contributed by atoms with Crippen molar-refractivity contribution in [3.63, 3.8) is 0 Å². The summed E-state index contributed by atoms with van der Waals surface area (Å²) in [4.78, 5) is 0. The van der Waals surface area contributed by atoms with Gasteiger partial charge in [0.15, 0.2) is 12.6 Å². The van der Waals surface area contributed by atoms with Gasteiger partial charge in [0.25, 0.3) is 0 Å². The molecule has 0 radical (unpaired) electrons. The molecule has 2 unspecified atom stereocenters. The van der Waals surface area contributed by atoms with Crippen LogP contribution in [0.5, 0.6) is 0 Å². The van der Waals surface area contributed by atoms with Crippen molar-refractivity contribution >= 4 is 0 Å². The van der Waals surface area contributed by atoms with Crippen molar-refractivity contribution in [2.45, 2.75) is 105 Å². The maximum atomic E-state index is 6.58. The highest BCUT2D eigenvalue weighted by Crippen LogP contribution is 2.72. The zero-order valence-electron chi connectivity index (χ0n) is 18.1. The maximum absolute atomic E-state index is 6.58. The summed E-state index contributed by atoms with van der Waals surface area (Å²) in [5.41, 5.74) is 1.47. The molecule has 2 heterocycles. The fraction of sp³-hybridized carbons (Fsp3) is 1.00. The first-order chi connectivity index (χ1) is 12.6. The van der Waals surface area contributed by atoms with Crippen molar-refractivity contribution in [2.24, 2.45) is 45.3 Å². The van der Waals surface area contributed by atoms with Crippen molar-refractivity contribution < 1.29 is 14.2 Å². The third kappa shape index (κ3) is 1.83. The SMILES string of the molecule is CC1(C)[C@@H]2CCC1(C)[C@H]1O[C@H](O[C@@H]3C[C@H]4[C@H]5CCC(C)([C@H]4O3)C5(C)C)C[C@@H]21. The van der Waals surface area contributed by atoms with Gasteiger partial charge in [0.2, 0.25) is 0 Å². The van der Waals surface area contributed by atoms with Crippen LogP contribution in [-0.4, -0.2) is 24.8 Å². The van der Waals surface area contributed by atoms with E-state index in [1.807, 2.05) is 0 Å². The number of hydrogen-bond donors (Lipinski definition) is 0. The highest BCUT2D eigenvalue weighted by atomic mass is 16.8. The molecule has 0 aromatic carbocycles. The minimum Gasteiger partial charge on any atom is -0.348 e. The summed E-state index contributed by atoms with van der Waals surface area (Å²) in [6.45, 7) is 14.8. The number of fused-ring (bicyclic) bond motifs is 10. The van der Waals surface area contributed by atoms with Gasteiger partial charge in [0.05, 0.1) is 12.2 Å². The summed E-state index contributed by atoms with van der Waals surface area (Å²) in [7, 11) is 0. The van der Waals surface area contributed by atoms with Crippen LogP contribution in [0.1, 0.15) is 80.1 Å². The van der Waals surface area contributed by atoms with Gasteiger partial charge in [-0.15, -0.1) is 0 Å². The predicted octanol–water partition coefficient (Wildman–Crippen LogP) is 5.38. The van der Waals surface area contributed by atoms with E-state index in [1.54, 1.807) is 0 Å². The van der Waals surface area contributed by atoms with Crippen LogP contribution in [-0.2, 0) is 14.2 Å². The first-order valence-electron chi connectivity index (χ1n) is 11.6. The Balaban J connectivity index is 1.15. The van der Waals surface area contributed by atoms with Crippen LogP contribution < -0.4 is 0 Å². The zero-order valence-corrected chi connectivity index (χ0v) is 18.1. The molecular weight excluding hydrogens is 336 g/mol. The van der Waals surface area contributed by atoms with Crippen LogP contribution in [0, 0.1) is 45.3 Å². The maximum Gasteiger partial charge on any atom is 0.161 e. The largest absolute Gasteiger partial charge is 0.348 e. The highest BCUT2D eigenvalue weighted by Gasteiger charge is 2.71. The minimum absolute atomic E-state index is 0.0432. The smallest absolute Gasteiger partial charge is 0.161 e. The average Bonchev–Trinajstić information content (AvgIpc) is 3.33. The Morgan fingerprint density at radius 1 is 0.667 bits per heavy atom. The third-order valence-corrected chi connectivity index (χ3v) is 11.6. The number of hydrogen-bond acceptors (Lipinski definition) is 3. The first-order valence-corrected chi connectivity index (χ1v) is 11.6. The summed E-state index contributed by atoms with van der Waals surface area (Å²) in [6.07, 6.45) is 8.24. The number of ether oxygens (including phenoxy) is 3. The van der Waals surface area contributed by atoms with Crippen molar-refractivity contribution in [3.8, 4) is 0 Å². The van der Waals surface area contributed by atoms with Crippen LogP contribution in [0.25, 0.3) is 0 Å². The zero-order chi connectivity index (χ0) is 19.0. The van der Waals surface area contributed by atoms with Crippen molar-refractivity contribution in [3.05, 3.63) is 0 Å². The molecule has 3 heteroatoms. The van der Waals surface area contributed by atoms with E-state index < -0.39 is 0 Å². The molecule has 0 amide bonds. The molecule has 4 saturated carbocycles. The van der Waals surface area contributed by atoms with Crippen LogP contribution >= 0.6 is 0 Å². The van der Waals surface area contributed by atoms with E-state index >= 15 is 0 Å². The molecule has 2 aliphatic heterocycles. The van der Waals surface area contributed by atoms with Gasteiger partial charge in [-0.25, -0.2) is 0 Å². The van der Waals surface area contributed by atoms with Crippen LogP contribution in [0.15, 0.2) is 0 Å². The van der Waals surface area contributed by atoms with Crippen LogP contribution in [0.2, 0.25) is 0 Å². The van der Waals surface area contributed by atoms with Gasteiger partial charge in [-0.1, -0.05) is 41.5 Å². The second-order valence-corrected chi connectivity index (χ2v) is 12.5. The molecule has 0 aromatic rings. The average molecular weight is 375 g/mol. The van der Waals surface area contributed by atoms with Gasteiger partial charge in [-0.05, 0) is 71.0 Å². The van der Waals surface area contributed by atoms with E-state index in [-0.39, 0.29) is 12.6 Å². The predicted molar refractivity (Wildman–Crippen MR) is 104 cm³/mol. The van der Waals surface area contributed by atoms with Gasteiger partial charge in [0.1, 0.15) is 0 Å². The molecule has 27 heavy (non-hydrogen) atoms. The van der Waals surface area contributed by atoms with Crippen molar-refractivity contribution in [1.82, 2.24) is 0 Å². The van der Waals surface area contributed by atoms with Gasteiger partial charge in [-0.3, -0.25) is 0 Å². The lowest BCUT2D eigenvalue weighted by Crippen LogP contribution is -2.39. The van der Waals surface area contributed by atoms with Crippen LogP contribution in [0.3, 0.4) is 0 Å². The number of rotatable bonds is 2. The van der Waals surface area contributed by atoms with E-state index in [0.29, 0.717) is 45.7 Å². The molecule has 3 nitrogen and oxygen atoms in total. The third-order valence-electron chi connectivity index (χ3n) is 11.6. The monoisotopic (exact) mass is 374 g/mol. The van der Waals surface area contributed by atoms with Gasteiger partial charge < -0.3 is 14.2 Å². The molecule has 6 fully saturated rings. The molecule has 4 bridgehead atoms. The molecule has 10 atom stereocenters. The fourth-order valence-corrected chi connectivity index (χ4v) is 9.31. The standard InChI is InChI=1S/C24H38O3/c1-21(2)15-7-9-23(21,5)19-13(15)11-17(26-19)25-18-12-14-16-8-10-24(6,20(14)27-18)22(16,3)4/h13-20H,7-12H2,1-6H3/t13-,14-,15+,16+,17-,18-,19-,20-,23?,24?/m0/s1. The Bertz CT molecular complexity index is 615. The summed E-state index contributed by atoms with van der Waals surface area (Å²) >= 11 is 0. The summed E-state index contributed by atoms with van der Waals surface area (Å²) in [5, 5.41) is 0. The Hall–Kier alpha value is -0.120. The quantitative estimate of drug-likeness (QED) is 0.650. The topological polar surface area (TPSA) is 27.7 Å². The van der Waals surface area contributed by atoms with Gasteiger partial charge in [0, 0.05) is 12.8 Å². The Morgan fingerprint density at radius 2 is 1.07 bits per heavy atom. The van der Waals surface area contributed by atoms with Gasteiger partial charge >= 0.3 is 0 Å². The fourth-order valence-electron chi connectivity index (χ4n) is 9.31. The van der Waals surface area contributed by atoms with Crippen molar-refractivity contribution in [1.29, 1.82) is 0 Å². The summed E-state index contributed by atoms with van der Waals surface area (Å²) in [5.74, 6) is 3.00. The van der Waals surface area contributed by atoms with E-state index in [0.717, 1.165) is 24.7 Å². The minimum atomic E-state index is -0.0432. The molecule has 0 spiro atoms. The summed E-state index contributed by atoms with van der Waals surface area (Å²) in [6, 6.07) is 0. The van der Waals surface area contributed by atoms with Gasteiger partial charge in [-0.2, -0.15) is 0 Å². The molecule has 2 saturated heterocycles. The molecule has 4 aliphatic carbocycles. The van der Waals surface area contributed by atoms with Crippen LogP contribution in [0.4, 0.5) is 0 Å². The summed E-state index contributed by atoms with van der Waals surface area (Å²) < 4.78 is 19.6. The first kappa shape index (κ1) is 17.7. The normalized spacial score (nSPS) is 61.6. The molecule has 0 aromatic heterocycles. The molecule has 6 rings (SSSR count). The lowest BCUT2D eigenvalue weighted by atomic mass is 9.70. The van der Waals surface area contributed by atoms with E-state index in [9.17, 15) is 0 Å². The molecule has 0 N–H and O–H groups in total. The second kappa shape index (κ2) is 4.95. The Labute approximate surface area is 164 Å². The van der Waals surface area contributed by atoms with E-state index in [1.165, 1.54) is 25.7 Å². The lowest BCUT2D eigenvalue weighted by Gasteiger charge is -2.39. The second-order valence-electron chi connectivity index (χ2n) is 12.5. The Morgan fingerprint density at radius 3 is 1.44 bits per heavy atom. The van der Waals surface area contributed by atoms with E-state index in [2.05, 4.69) is 41.5 Å². The molecular formula is C24H38O3. The lowest BCUT2D eigenvalue weighted by molar-refractivity contribution is -0.252. The molecule has 152 valence electrons. The highest BCUT2D eigenvalue weighted by molar-refractivity contribution is 5.18. The Kier molecular flexibility index (Phi) is 3.25. The molecule has 6 aliphatic rings.